The lowest BCUT2D eigenvalue weighted by Crippen LogP contribution is -2.33. The summed E-state index contributed by atoms with van der Waals surface area (Å²) in [5.41, 5.74) is 1.71. The molecule has 2 heterocycles. The van der Waals surface area contributed by atoms with Gasteiger partial charge in [0.1, 0.15) is 0 Å². The third kappa shape index (κ3) is 2.63. The SMILES string of the molecule is O=C(NCC1CCCOC1)c1c[nH]c2ccccc12. The van der Waals surface area contributed by atoms with Crippen molar-refractivity contribution in [1.82, 2.24) is 10.3 Å². The number of hydrogen-bond acceptors (Lipinski definition) is 2. The number of H-pyrrole nitrogens is 1. The summed E-state index contributed by atoms with van der Waals surface area (Å²) in [5.74, 6) is 0.436. The standard InChI is InChI=1S/C15H18N2O2/c18-15(17-8-11-4-3-7-19-10-11)13-9-16-14-6-2-1-5-12(13)14/h1-2,5-6,9,11,16H,3-4,7-8,10H2,(H,17,18). The van der Waals surface area contributed by atoms with E-state index in [0.29, 0.717) is 18.0 Å². The second-order valence-electron chi connectivity index (χ2n) is 5.04. The van der Waals surface area contributed by atoms with Gasteiger partial charge in [0, 0.05) is 30.3 Å². The number of hydrogen-bond donors (Lipinski definition) is 2. The van der Waals surface area contributed by atoms with Crippen molar-refractivity contribution in [2.75, 3.05) is 19.8 Å². The van der Waals surface area contributed by atoms with Crippen molar-refractivity contribution in [3.8, 4) is 0 Å². The van der Waals surface area contributed by atoms with Crippen molar-refractivity contribution in [2.45, 2.75) is 12.8 Å². The van der Waals surface area contributed by atoms with Gasteiger partial charge >= 0.3 is 0 Å². The molecule has 2 aromatic rings. The van der Waals surface area contributed by atoms with Gasteiger partial charge in [-0.3, -0.25) is 4.79 Å². The lowest BCUT2D eigenvalue weighted by atomic mass is 10.0. The van der Waals surface area contributed by atoms with Crippen molar-refractivity contribution in [1.29, 1.82) is 0 Å². The van der Waals surface area contributed by atoms with Crippen molar-refractivity contribution in [2.24, 2.45) is 5.92 Å². The van der Waals surface area contributed by atoms with Crippen LogP contribution in [-0.2, 0) is 4.74 Å². The van der Waals surface area contributed by atoms with Crippen LogP contribution in [0.15, 0.2) is 30.5 Å². The Labute approximate surface area is 112 Å². The fourth-order valence-electron chi connectivity index (χ4n) is 2.56. The zero-order valence-electron chi connectivity index (χ0n) is 10.8. The molecule has 1 unspecified atom stereocenters. The Balaban J connectivity index is 1.66. The summed E-state index contributed by atoms with van der Waals surface area (Å²) >= 11 is 0. The Morgan fingerprint density at radius 1 is 1.42 bits per heavy atom. The predicted molar refractivity (Wildman–Crippen MR) is 74.2 cm³/mol. The smallest absolute Gasteiger partial charge is 0.253 e. The van der Waals surface area contributed by atoms with Crippen LogP contribution in [0.5, 0.6) is 0 Å². The topological polar surface area (TPSA) is 54.1 Å². The first-order valence-corrected chi connectivity index (χ1v) is 6.76. The average molecular weight is 258 g/mol. The number of carbonyl (C=O) groups is 1. The largest absolute Gasteiger partial charge is 0.381 e. The first-order valence-electron chi connectivity index (χ1n) is 6.76. The fraction of sp³-hybridized carbons (Fsp3) is 0.400. The number of amides is 1. The van der Waals surface area contributed by atoms with Crippen LogP contribution in [0.3, 0.4) is 0 Å². The van der Waals surface area contributed by atoms with Gasteiger partial charge in [-0.2, -0.15) is 0 Å². The highest BCUT2D eigenvalue weighted by Crippen LogP contribution is 2.18. The van der Waals surface area contributed by atoms with Crippen LogP contribution in [-0.4, -0.2) is 30.6 Å². The maximum Gasteiger partial charge on any atom is 0.253 e. The molecular formula is C15H18N2O2. The molecular weight excluding hydrogens is 240 g/mol. The summed E-state index contributed by atoms with van der Waals surface area (Å²) in [5, 5.41) is 3.98. The van der Waals surface area contributed by atoms with E-state index in [1.165, 1.54) is 0 Å². The summed E-state index contributed by atoms with van der Waals surface area (Å²) in [7, 11) is 0. The van der Waals surface area contributed by atoms with E-state index in [1.54, 1.807) is 6.20 Å². The Hall–Kier alpha value is -1.81. The van der Waals surface area contributed by atoms with Crippen molar-refractivity contribution in [3.05, 3.63) is 36.0 Å². The van der Waals surface area contributed by atoms with Gasteiger partial charge < -0.3 is 15.0 Å². The second kappa shape index (κ2) is 5.45. The molecule has 0 spiro atoms. The zero-order chi connectivity index (χ0) is 13.1. The molecule has 1 fully saturated rings. The second-order valence-corrected chi connectivity index (χ2v) is 5.04. The number of benzene rings is 1. The Morgan fingerprint density at radius 2 is 2.32 bits per heavy atom. The van der Waals surface area contributed by atoms with E-state index in [1.807, 2.05) is 24.3 Å². The number of para-hydroxylation sites is 1. The zero-order valence-corrected chi connectivity index (χ0v) is 10.8. The first-order chi connectivity index (χ1) is 9.34. The normalized spacial score (nSPS) is 19.5. The summed E-state index contributed by atoms with van der Waals surface area (Å²) in [4.78, 5) is 15.3. The molecule has 0 radical (unpaired) electrons. The summed E-state index contributed by atoms with van der Waals surface area (Å²) in [6, 6.07) is 7.84. The van der Waals surface area contributed by atoms with Gasteiger partial charge in [-0.05, 0) is 24.8 Å². The lowest BCUT2D eigenvalue weighted by molar-refractivity contribution is 0.0536. The molecule has 3 rings (SSSR count). The maximum absolute atomic E-state index is 12.2. The molecule has 1 amide bonds. The van der Waals surface area contributed by atoms with Crippen LogP contribution in [0, 0.1) is 5.92 Å². The molecule has 1 aliphatic heterocycles. The quantitative estimate of drug-likeness (QED) is 0.887. The van der Waals surface area contributed by atoms with E-state index in [2.05, 4.69) is 10.3 Å². The molecule has 1 atom stereocenters. The van der Waals surface area contributed by atoms with Crippen molar-refractivity contribution < 1.29 is 9.53 Å². The minimum atomic E-state index is -0.0111. The van der Waals surface area contributed by atoms with Gasteiger partial charge in [-0.15, -0.1) is 0 Å². The molecule has 19 heavy (non-hydrogen) atoms. The van der Waals surface area contributed by atoms with Crippen LogP contribution in [0.25, 0.3) is 10.9 Å². The summed E-state index contributed by atoms with van der Waals surface area (Å²) < 4.78 is 5.42. The van der Waals surface area contributed by atoms with E-state index in [9.17, 15) is 4.79 Å². The number of aromatic nitrogens is 1. The van der Waals surface area contributed by atoms with Crippen LogP contribution < -0.4 is 5.32 Å². The predicted octanol–water partition coefficient (Wildman–Crippen LogP) is 2.32. The number of nitrogens with one attached hydrogen (secondary N) is 2. The third-order valence-electron chi connectivity index (χ3n) is 3.64. The molecule has 1 aromatic carbocycles. The van der Waals surface area contributed by atoms with Gasteiger partial charge in [0.05, 0.1) is 12.2 Å². The third-order valence-corrected chi connectivity index (χ3v) is 3.64. The molecule has 1 saturated heterocycles. The summed E-state index contributed by atoms with van der Waals surface area (Å²) in [6.07, 6.45) is 4.00. The molecule has 1 aromatic heterocycles. The van der Waals surface area contributed by atoms with Crippen LogP contribution in [0.1, 0.15) is 23.2 Å². The van der Waals surface area contributed by atoms with E-state index in [-0.39, 0.29) is 5.91 Å². The maximum atomic E-state index is 12.2. The van der Waals surface area contributed by atoms with Crippen molar-refractivity contribution >= 4 is 16.8 Å². The van der Waals surface area contributed by atoms with Crippen molar-refractivity contribution in [3.63, 3.8) is 0 Å². The van der Waals surface area contributed by atoms with Crippen LogP contribution >= 0.6 is 0 Å². The molecule has 4 heteroatoms. The van der Waals surface area contributed by atoms with E-state index in [0.717, 1.165) is 37.0 Å². The minimum Gasteiger partial charge on any atom is -0.381 e. The monoisotopic (exact) mass is 258 g/mol. The fourth-order valence-corrected chi connectivity index (χ4v) is 2.56. The lowest BCUT2D eigenvalue weighted by Gasteiger charge is -2.22. The van der Waals surface area contributed by atoms with Gasteiger partial charge in [0.15, 0.2) is 0 Å². The number of rotatable bonds is 3. The number of aromatic amines is 1. The number of carbonyl (C=O) groups excluding carboxylic acids is 1. The highest BCUT2D eigenvalue weighted by Gasteiger charge is 2.16. The molecule has 100 valence electrons. The Bertz CT molecular complexity index is 570. The van der Waals surface area contributed by atoms with Gasteiger partial charge in [-0.1, -0.05) is 18.2 Å². The van der Waals surface area contributed by atoms with Crippen LogP contribution in [0.4, 0.5) is 0 Å². The molecule has 0 saturated carbocycles. The molecule has 1 aliphatic rings. The highest BCUT2D eigenvalue weighted by molar-refractivity contribution is 6.06. The molecule has 4 nitrogen and oxygen atoms in total. The van der Waals surface area contributed by atoms with E-state index in [4.69, 9.17) is 4.74 Å². The molecule has 0 aliphatic carbocycles. The van der Waals surface area contributed by atoms with E-state index < -0.39 is 0 Å². The first kappa shape index (κ1) is 12.2. The number of fused-ring (bicyclic) bond motifs is 1. The minimum absolute atomic E-state index is 0.0111. The Morgan fingerprint density at radius 3 is 3.16 bits per heavy atom. The average Bonchev–Trinajstić information content (AvgIpc) is 2.90. The Kier molecular flexibility index (Phi) is 3.51. The van der Waals surface area contributed by atoms with Gasteiger partial charge in [0.2, 0.25) is 0 Å². The molecule has 0 bridgehead atoms. The van der Waals surface area contributed by atoms with Gasteiger partial charge in [0.25, 0.3) is 5.91 Å². The molecule has 2 N–H and O–H groups in total. The van der Waals surface area contributed by atoms with E-state index >= 15 is 0 Å². The van der Waals surface area contributed by atoms with Crippen LogP contribution in [0.2, 0.25) is 0 Å². The van der Waals surface area contributed by atoms with Gasteiger partial charge in [-0.25, -0.2) is 0 Å². The highest BCUT2D eigenvalue weighted by atomic mass is 16.5. The summed E-state index contributed by atoms with van der Waals surface area (Å²) in [6.45, 7) is 2.30. The number of ether oxygens (including phenoxy) is 1.